The summed E-state index contributed by atoms with van der Waals surface area (Å²) in [7, 11) is 0. The van der Waals surface area contributed by atoms with E-state index in [1.165, 1.54) is 18.4 Å². The first kappa shape index (κ1) is 14.6. The molecule has 1 N–H and O–H groups in total. The molecule has 1 aliphatic heterocycles. The lowest BCUT2D eigenvalue weighted by atomic mass is 10.0. The Labute approximate surface area is 127 Å². The molecule has 0 spiro atoms. The van der Waals surface area contributed by atoms with Crippen LogP contribution in [0.15, 0.2) is 24.3 Å². The zero-order valence-corrected chi connectivity index (χ0v) is 13.0. The summed E-state index contributed by atoms with van der Waals surface area (Å²) in [4.78, 5) is 14.6. The van der Waals surface area contributed by atoms with Gasteiger partial charge in [0, 0.05) is 24.7 Å². The van der Waals surface area contributed by atoms with Gasteiger partial charge in [0.25, 0.3) is 0 Å². The van der Waals surface area contributed by atoms with Crippen molar-refractivity contribution in [2.75, 3.05) is 18.0 Å². The summed E-state index contributed by atoms with van der Waals surface area (Å²) in [6.45, 7) is 4.10. The third-order valence-corrected chi connectivity index (χ3v) is 4.58. The van der Waals surface area contributed by atoms with Crippen LogP contribution in [-0.2, 0) is 4.79 Å². The largest absolute Gasteiger partial charge is 0.312 e. The molecule has 0 bridgehead atoms. The molecule has 0 radical (unpaired) electrons. The zero-order valence-electron chi connectivity index (χ0n) is 13.0. The van der Waals surface area contributed by atoms with E-state index in [2.05, 4.69) is 36.5 Å². The highest BCUT2D eigenvalue weighted by Crippen LogP contribution is 2.36. The van der Waals surface area contributed by atoms with E-state index in [1.807, 2.05) is 4.90 Å². The van der Waals surface area contributed by atoms with Gasteiger partial charge in [-0.05, 0) is 56.2 Å². The van der Waals surface area contributed by atoms with Crippen molar-refractivity contribution in [3.05, 3.63) is 29.8 Å². The first-order valence-corrected chi connectivity index (χ1v) is 8.42. The first-order valence-electron chi connectivity index (χ1n) is 8.42. The molecule has 1 amide bonds. The zero-order chi connectivity index (χ0) is 14.7. The highest BCUT2D eigenvalue weighted by Gasteiger charge is 2.30. The Balaban J connectivity index is 1.82. The fraction of sp³-hybridized carbons (Fsp3) is 0.611. The van der Waals surface area contributed by atoms with E-state index in [-0.39, 0.29) is 0 Å². The number of nitrogens with one attached hydrogen (secondary N) is 1. The van der Waals surface area contributed by atoms with Gasteiger partial charge in [0.05, 0.1) is 0 Å². The number of hydrogen-bond donors (Lipinski definition) is 1. The molecular weight excluding hydrogens is 260 g/mol. The van der Waals surface area contributed by atoms with Crippen LogP contribution in [0.2, 0.25) is 0 Å². The predicted molar refractivity (Wildman–Crippen MR) is 86.4 cm³/mol. The van der Waals surface area contributed by atoms with Gasteiger partial charge in [-0.15, -0.1) is 0 Å². The lowest BCUT2D eigenvalue weighted by Gasteiger charge is -2.24. The van der Waals surface area contributed by atoms with Crippen LogP contribution in [-0.4, -0.2) is 19.0 Å². The highest BCUT2D eigenvalue weighted by molar-refractivity contribution is 5.94. The fourth-order valence-corrected chi connectivity index (χ4v) is 3.23. The van der Waals surface area contributed by atoms with Gasteiger partial charge in [-0.1, -0.05) is 25.1 Å². The number of nitrogens with zero attached hydrogens (tertiary/aromatic N) is 1. The molecule has 3 heteroatoms. The lowest BCUT2D eigenvalue weighted by Crippen LogP contribution is -2.32. The first-order chi connectivity index (χ1) is 10.3. The van der Waals surface area contributed by atoms with Crippen molar-refractivity contribution >= 4 is 11.6 Å². The van der Waals surface area contributed by atoms with Crippen LogP contribution >= 0.6 is 0 Å². The van der Waals surface area contributed by atoms with E-state index in [4.69, 9.17) is 0 Å². The van der Waals surface area contributed by atoms with Crippen LogP contribution < -0.4 is 10.2 Å². The number of rotatable bonds is 5. The van der Waals surface area contributed by atoms with Crippen LogP contribution in [0.5, 0.6) is 0 Å². The van der Waals surface area contributed by atoms with Crippen molar-refractivity contribution in [2.24, 2.45) is 5.92 Å². The van der Waals surface area contributed by atoms with Gasteiger partial charge in [0.15, 0.2) is 0 Å². The third-order valence-electron chi connectivity index (χ3n) is 4.58. The second kappa shape index (κ2) is 6.61. The molecule has 1 aromatic carbocycles. The van der Waals surface area contributed by atoms with Gasteiger partial charge in [-0.2, -0.15) is 0 Å². The Hall–Kier alpha value is -1.35. The predicted octanol–water partition coefficient (Wildman–Crippen LogP) is 3.65. The van der Waals surface area contributed by atoms with Crippen LogP contribution in [0.1, 0.15) is 57.1 Å². The molecular formula is C18H26N2O. The number of amides is 1. The summed E-state index contributed by atoms with van der Waals surface area (Å²) in [6.07, 6.45) is 6.55. The molecule has 1 aromatic rings. The molecule has 114 valence electrons. The van der Waals surface area contributed by atoms with Crippen molar-refractivity contribution < 1.29 is 4.79 Å². The van der Waals surface area contributed by atoms with E-state index in [1.54, 1.807) is 0 Å². The average molecular weight is 286 g/mol. The number of fused-ring (bicyclic) bond motifs is 1. The summed E-state index contributed by atoms with van der Waals surface area (Å²) in [5, 5.41) is 3.64. The maximum atomic E-state index is 12.6. The number of hydrogen-bond acceptors (Lipinski definition) is 2. The normalized spacial score (nSPS) is 21.8. The Bertz CT molecular complexity index is 496. The van der Waals surface area contributed by atoms with E-state index < -0.39 is 0 Å². The summed E-state index contributed by atoms with van der Waals surface area (Å²) >= 11 is 0. The van der Waals surface area contributed by atoms with E-state index in [0.29, 0.717) is 17.9 Å². The molecule has 3 rings (SSSR count). The van der Waals surface area contributed by atoms with Crippen LogP contribution in [0, 0.1) is 5.92 Å². The number of benzene rings is 1. The molecule has 2 aliphatic rings. The topological polar surface area (TPSA) is 32.3 Å². The fourth-order valence-electron chi connectivity index (χ4n) is 3.23. The number of carbonyl (C=O) groups excluding carboxylic acids is 1. The minimum absolute atomic E-state index is 0.320. The summed E-state index contributed by atoms with van der Waals surface area (Å²) < 4.78 is 0. The quantitative estimate of drug-likeness (QED) is 0.896. The smallest absolute Gasteiger partial charge is 0.227 e. The lowest BCUT2D eigenvalue weighted by molar-refractivity contribution is -0.118. The van der Waals surface area contributed by atoms with Gasteiger partial charge in [-0.25, -0.2) is 0 Å². The number of carbonyl (C=O) groups is 1. The van der Waals surface area contributed by atoms with Crippen LogP contribution in [0.4, 0.5) is 5.69 Å². The maximum Gasteiger partial charge on any atom is 0.227 e. The Morgan fingerprint density at radius 3 is 2.86 bits per heavy atom. The van der Waals surface area contributed by atoms with Crippen LogP contribution in [0.3, 0.4) is 0 Å². The molecule has 1 fully saturated rings. The minimum atomic E-state index is 0.320. The monoisotopic (exact) mass is 286 g/mol. The molecule has 0 aromatic heterocycles. The standard InChI is InChI=1S/C18H26N2O/c1-2-11-19-16-7-5-12-20(18(21)13-14-9-10-14)17-8-4-3-6-15(16)17/h3-4,6,8,14,16,19H,2,5,7,9-13H2,1H3. The van der Waals surface area contributed by atoms with Crippen LogP contribution in [0.25, 0.3) is 0 Å². The van der Waals surface area contributed by atoms with Gasteiger partial charge >= 0.3 is 0 Å². The molecule has 1 unspecified atom stereocenters. The Morgan fingerprint density at radius 2 is 2.10 bits per heavy atom. The summed E-state index contributed by atoms with van der Waals surface area (Å²) in [6, 6.07) is 8.84. The van der Waals surface area contributed by atoms with Crippen molar-refractivity contribution in [1.29, 1.82) is 0 Å². The summed E-state index contributed by atoms with van der Waals surface area (Å²) in [5.74, 6) is 0.975. The summed E-state index contributed by atoms with van der Waals surface area (Å²) in [5.41, 5.74) is 2.43. The van der Waals surface area contributed by atoms with Gasteiger partial charge in [-0.3, -0.25) is 4.79 Å². The Kier molecular flexibility index (Phi) is 4.59. The van der Waals surface area contributed by atoms with Crippen molar-refractivity contribution in [3.8, 4) is 0 Å². The minimum Gasteiger partial charge on any atom is -0.312 e. The average Bonchev–Trinajstić information content (AvgIpc) is 3.31. The van der Waals surface area contributed by atoms with Crippen molar-refractivity contribution in [1.82, 2.24) is 5.32 Å². The molecule has 0 saturated heterocycles. The third kappa shape index (κ3) is 3.46. The van der Waals surface area contributed by atoms with Gasteiger partial charge in [0.2, 0.25) is 5.91 Å². The van der Waals surface area contributed by atoms with E-state index >= 15 is 0 Å². The van der Waals surface area contributed by atoms with Crippen molar-refractivity contribution in [2.45, 2.75) is 51.5 Å². The SMILES string of the molecule is CCCNC1CCCN(C(=O)CC2CC2)c2ccccc21. The van der Waals surface area contributed by atoms with Gasteiger partial charge < -0.3 is 10.2 Å². The molecule has 1 heterocycles. The Morgan fingerprint density at radius 1 is 1.29 bits per heavy atom. The molecule has 3 nitrogen and oxygen atoms in total. The molecule has 1 atom stereocenters. The second-order valence-corrected chi connectivity index (χ2v) is 6.40. The van der Waals surface area contributed by atoms with E-state index in [0.717, 1.165) is 44.5 Å². The maximum absolute atomic E-state index is 12.6. The second-order valence-electron chi connectivity index (χ2n) is 6.40. The number of anilines is 1. The van der Waals surface area contributed by atoms with Gasteiger partial charge in [0.1, 0.15) is 0 Å². The van der Waals surface area contributed by atoms with E-state index in [9.17, 15) is 4.79 Å². The molecule has 21 heavy (non-hydrogen) atoms. The molecule has 1 aliphatic carbocycles. The highest BCUT2D eigenvalue weighted by atomic mass is 16.2. The number of para-hydroxylation sites is 1. The molecule has 1 saturated carbocycles. The van der Waals surface area contributed by atoms with Crippen molar-refractivity contribution in [3.63, 3.8) is 0 Å².